The lowest BCUT2D eigenvalue weighted by molar-refractivity contribution is 0.104. The van der Waals surface area contributed by atoms with E-state index in [9.17, 15) is 5.11 Å². The van der Waals surface area contributed by atoms with Gasteiger partial charge in [0.05, 0.1) is 6.10 Å². The van der Waals surface area contributed by atoms with Crippen molar-refractivity contribution >= 4 is 0 Å². The highest BCUT2D eigenvalue weighted by molar-refractivity contribution is 5.27. The second-order valence-corrected chi connectivity index (χ2v) is 6.20. The number of rotatable bonds is 5. The quantitative estimate of drug-likeness (QED) is 0.895. The first-order chi connectivity index (χ1) is 9.58. The van der Waals surface area contributed by atoms with Crippen molar-refractivity contribution in [2.45, 2.75) is 38.3 Å². The van der Waals surface area contributed by atoms with Gasteiger partial charge < -0.3 is 14.9 Å². The van der Waals surface area contributed by atoms with E-state index in [0.717, 1.165) is 25.1 Å². The first kappa shape index (κ1) is 15.5. The Labute approximate surface area is 123 Å². The van der Waals surface area contributed by atoms with Crippen LogP contribution in [0.5, 0.6) is 0 Å². The first-order valence-corrected chi connectivity index (χ1v) is 7.70. The van der Waals surface area contributed by atoms with Crippen molar-refractivity contribution in [1.29, 1.82) is 0 Å². The number of piperidine rings is 1. The molecule has 1 fully saturated rings. The highest BCUT2D eigenvalue weighted by atomic mass is 16.3. The van der Waals surface area contributed by atoms with Gasteiger partial charge in [0.25, 0.3) is 0 Å². The molecule has 2 rings (SSSR count). The van der Waals surface area contributed by atoms with Crippen LogP contribution in [0.4, 0.5) is 0 Å². The van der Waals surface area contributed by atoms with Gasteiger partial charge in [-0.05, 0) is 58.0 Å². The van der Waals surface area contributed by atoms with Gasteiger partial charge in [-0.2, -0.15) is 0 Å². The van der Waals surface area contributed by atoms with Gasteiger partial charge in [0.15, 0.2) is 0 Å². The average Bonchev–Trinajstić information content (AvgIpc) is 2.45. The van der Waals surface area contributed by atoms with Crippen LogP contribution in [0, 0.1) is 6.92 Å². The predicted molar refractivity (Wildman–Crippen MR) is 83.9 cm³/mol. The summed E-state index contributed by atoms with van der Waals surface area (Å²) >= 11 is 0. The van der Waals surface area contributed by atoms with Gasteiger partial charge in [-0.1, -0.05) is 24.3 Å². The first-order valence-electron chi connectivity index (χ1n) is 7.70. The van der Waals surface area contributed by atoms with E-state index in [1.165, 1.54) is 24.9 Å². The van der Waals surface area contributed by atoms with Crippen LogP contribution in [-0.4, -0.2) is 54.7 Å². The van der Waals surface area contributed by atoms with E-state index in [1.807, 2.05) is 18.2 Å². The fraction of sp³-hybridized carbons (Fsp3) is 0.647. The van der Waals surface area contributed by atoms with Crippen LogP contribution in [0.1, 0.15) is 36.5 Å². The molecule has 1 aliphatic rings. The van der Waals surface area contributed by atoms with Crippen molar-refractivity contribution in [2.75, 3.05) is 33.7 Å². The molecule has 1 aromatic carbocycles. The Morgan fingerprint density at radius 2 is 2.15 bits per heavy atom. The van der Waals surface area contributed by atoms with Crippen LogP contribution in [0.3, 0.4) is 0 Å². The van der Waals surface area contributed by atoms with Gasteiger partial charge in [0.1, 0.15) is 0 Å². The minimum atomic E-state index is -0.347. The minimum Gasteiger partial charge on any atom is -0.388 e. The number of hydrogen-bond acceptors (Lipinski definition) is 3. The monoisotopic (exact) mass is 276 g/mol. The third-order valence-corrected chi connectivity index (χ3v) is 4.53. The van der Waals surface area contributed by atoms with E-state index in [4.69, 9.17) is 0 Å². The summed E-state index contributed by atoms with van der Waals surface area (Å²) in [4.78, 5) is 4.82. The number of aliphatic hydroxyl groups excluding tert-OH is 1. The second kappa shape index (κ2) is 7.21. The topological polar surface area (TPSA) is 26.7 Å². The number of nitrogens with zero attached hydrogens (tertiary/aromatic N) is 2. The standard InChI is InChI=1S/C17H28N2O/c1-14-7-4-5-9-16(14)17(20)10-12-19(3)15-8-6-11-18(2)13-15/h4-5,7,9,15,17,20H,6,8,10-13H2,1-3H3. The van der Waals surface area contributed by atoms with E-state index in [1.54, 1.807) is 0 Å². The maximum atomic E-state index is 10.4. The van der Waals surface area contributed by atoms with E-state index in [2.05, 4.69) is 36.9 Å². The largest absolute Gasteiger partial charge is 0.388 e. The Bertz CT molecular complexity index is 421. The van der Waals surface area contributed by atoms with Crippen molar-refractivity contribution in [2.24, 2.45) is 0 Å². The maximum absolute atomic E-state index is 10.4. The third kappa shape index (κ3) is 4.05. The Hall–Kier alpha value is -0.900. The van der Waals surface area contributed by atoms with Crippen LogP contribution < -0.4 is 0 Å². The third-order valence-electron chi connectivity index (χ3n) is 4.53. The number of likely N-dealkylation sites (N-methyl/N-ethyl adjacent to an activating group) is 2. The predicted octanol–water partition coefficient (Wildman–Crippen LogP) is 2.44. The minimum absolute atomic E-state index is 0.347. The molecule has 2 unspecified atom stereocenters. The van der Waals surface area contributed by atoms with Crippen molar-refractivity contribution in [3.05, 3.63) is 35.4 Å². The summed E-state index contributed by atoms with van der Waals surface area (Å²) in [5.74, 6) is 0. The zero-order valence-electron chi connectivity index (χ0n) is 13.0. The molecule has 1 heterocycles. The molecule has 0 saturated carbocycles. The number of aryl methyl sites for hydroxylation is 1. The molecule has 0 aromatic heterocycles. The molecule has 0 amide bonds. The summed E-state index contributed by atoms with van der Waals surface area (Å²) in [6.07, 6.45) is 3.02. The molecule has 1 aromatic rings. The molecule has 3 heteroatoms. The van der Waals surface area contributed by atoms with Crippen LogP contribution >= 0.6 is 0 Å². The van der Waals surface area contributed by atoms with E-state index >= 15 is 0 Å². The lowest BCUT2D eigenvalue weighted by atomic mass is 10.00. The summed E-state index contributed by atoms with van der Waals surface area (Å²) in [5.41, 5.74) is 2.25. The molecule has 1 aliphatic heterocycles. The molecule has 112 valence electrons. The summed E-state index contributed by atoms with van der Waals surface area (Å²) in [5, 5.41) is 10.4. The van der Waals surface area contributed by atoms with Crippen molar-refractivity contribution in [3.8, 4) is 0 Å². The fourth-order valence-corrected chi connectivity index (χ4v) is 3.12. The highest BCUT2D eigenvalue weighted by Crippen LogP contribution is 2.21. The molecular weight excluding hydrogens is 248 g/mol. The lowest BCUT2D eigenvalue weighted by Gasteiger charge is -2.36. The molecule has 0 bridgehead atoms. The Kier molecular flexibility index (Phi) is 5.58. The second-order valence-electron chi connectivity index (χ2n) is 6.20. The molecule has 3 nitrogen and oxygen atoms in total. The van der Waals surface area contributed by atoms with Crippen LogP contribution in [-0.2, 0) is 0 Å². The zero-order chi connectivity index (χ0) is 14.5. The van der Waals surface area contributed by atoms with E-state index in [-0.39, 0.29) is 6.10 Å². The van der Waals surface area contributed by atoms with Crippen LogP contribution in [0.15, 0.2) is 24.3 Å². The smallest absolute Gasteiger partial charge is 0.0804 e. The summed E-state index contributed by atoms with van der Waals surface area (Å²) in [6, 6.07) is 8.77. The number of likely N-dealkylation sites (tertiary alicyclic amines) is 1. The molecule has 1 saturated heterocycles. The molecular formula is C17H28N2O. The summed E-state index contributed by atoms with van der Waals surface area (Å²) in [7, 11) is 4.39. The van der Waals surface area contributed by atoms with Gasteiger partial charge in [-0.25, -0.2) is 0 Å². The van der Waals surface area contributed by atoms with Gasteiger partial charge >= 0.3 is 0 Å². The lowest BCUT2D eigenvalue weighted by Crippen LogP contribution is -2.45. The zero-order valence-corrected chi connectivity index (χ0v) is 13.0. The molecule has 0 aliphatic carbocycles. The van der Waals surface area contributed by atoms with Gasteiger partial charge in [0.2, 0.25) is 0 Å². The highest BCUT2D eigenvalue weighted by Gasteiger charge is 2.21. The van der Waals surface area contributed by atoms with Crippen molar-refractivity contribution in [1.82, 2.24) is 9.80 Å². The van der Waals surface area contributed by atoms with Gasteiger partial charge in [0, 0.05) is 19.1 Å². The molecule has 0 spiro atoms. The summed E-state index contributed by atoms with van der Waals surface area (Å²) in [6.45, 7) is 5.39. The van der Waals surface area contributed by atoms with Crippen LogP contribution in [0.25, 0.3) is 0 Å². The van der Waals surface area contributed by atoms with Crippen molar-refractivity contribution in [3.63, 3.8) is 0 Å². The molecule has 1 N–H and O–H groups in total. The van der Waals surface area contributed by atoms with E-state index in [0.29, 0.717) is 6.04 Å². The SMILES string of the molecule is Cc1ccccc1C(O)CCN(C)C1CCCN(C)C1. The average molecular weight is 276 g/mol. The Morgan fingerprint density at radius 1 is 1.40 bits per heavy atom. The van der Waals surface area contributed by atoms with Gasteiger partial charge in [-0.3, -0.25) is 0 Å². The number of aliphatic hydroxyl groups is 1. The maximum Gasteiger partial charge on any atom is 0.0804 e. The Morgan fingerprint density at radius 3 is 2.85 bits per heavy atom. The Balaban J connectivity index is 1.83. The molecule has 2 atom stereocenters. The number of benzene rings is 1. The number of hydrogen-bond donors (Lipinski definition) is 1. The summed E-state index contributed by atoms with van der Waals surface area (Å²) < 4.78 is 0. The van der Waals surface area contributed by atoms with Crippen molar-refractivity contribution < 1.29 is 5.11 Å². The normalized spacial score (nSPS) is 22.1. The fourth-order valence-electron chi connectivity index (χ4n) is 3.12. The van der Waals surface area contributed by atoms with Crippen LogP contribution in [0.2, 0.25) is 0 Å². The molecule has 20 heavy (non-hydrogen) atoms. The van der Waals surface area contributed by atoms with Gasteiger partial charge in [-0.15, -0.1) is 0 Å². The molecule has 0 radical (unpaired) electrons. The van der Waals surface area contributed by atoms with E-state index < -0.39 is 0 Å².